The smallest absolute Gasteiger partial charge is 0.137 e. The van der Waals surface area contributed by atoms with Gasteiger partial charge in [0.1, 0.15) is 11.9 Å². The van der Waals surface area contributed by atoms with Crippen LogP contribution in [0.2, 0.25) is 0 Å². The van der Waals surface area contributed by atoms with Crippen LogP contribution in [0.4, 0.5) is 0 Å². The Morgan fingerprint density at radius 2 is 2.12 bits per heavy atom. The summed E-state index contributed by atoms with van der Waals surface area (Å²) in [5.41, 5.74) is 2.48. The van der Waals surface area contributed by atoms with Gasteiger partial charge in [0.2, 0.25) is 0 Å². The summed E-state index contributed by atoms with van der Waals surface area (Å²) >= 11 is 0. The number of hydrogen-bond acceptors (Lipinski definition) is 3. The van der Waals surface area contributed by atoms with Crippen molar-refractivity contribution in [3.8, 4) is 5.75 Å². The normalized spacial score (nSPS) is 25.4. The highest BCUT2D eigenvalue weighted by Crippen LogP contribution is 2.19. The molecule has 0 aromatic heterocycles. The van der Waals surface area contributed by atoms with Crippen molar-refractivity contribution in [3.63, 3.8) is 0 Å². The van der Waals surface area contributed by atoms with Crippen LogP contribution in [0.3, 0.4) is 0 Å². The molecule has 0 amide bonds. The summed E-state index contributed by atoms with van der Waals surface area (Å²) in [4.78, 5) is 0. The third-order valence-corrected chi connectivity index (χ3v) is 3.16. The van der Waals surface area contributed by atoms with Gasteiger partial charge in [-0.25, -0.2) is 0 Å². The molecule has 1 fully saturated rings. The molecule has 1 saturated heterocycles. The number of aryl methyl sites for hydroxylation is 2. The Labute approximate surface area is 96.4 Å². The van der Waals surface area contributed by atoms with Crippen molar-refractivity contribution in [1.82, 2.24) is 5.32 Å². The van der Waals surface area contributed by atoms with Crippen molar-refractivity contribution in [2.45, 2.75) is 32.5 Å². The molecule has 0 radical (unpaired) electrons. The Kier molecular flexibility index (Phi) is 3.46. The lowest BCUT2D eigenvalue weighted by Crippen LogP contribution is -2.47. The molecule has 0 aliphatic carbocycles. The number of ether oxygens (including phenoxy) is 1. The fourth-order valence-corrected chi connectivity index (χ4v) is 1.90. The zero-order valence-corrected chi connectivity index (χ0v) is 9.86. The first-order valence-corrected chi connectivity index (χ1v) is 5.79. The van der Waals surface area contributed by atoms with E-state index in [9.17, 15) is 5.11 Å². The lowest BCUT2D eigenvalue weighted by Gasteiger charge is -2.29. The van der Waals surface area contributed by atoms with E-state index in [1.807, 2.05) is 18.2 Å². The van der Waals surface area contributed by atoms with Gasteiger partial charge in [0.15, 0.2) is 0 Å². The second-order valence-electron chi connectivity index (χ2n) is 4.46. The van der Waals surface area contributed by atoms with Crippen LogP contribution in [-0.2, 0) is 0 Å². The molecule has 0 bridgehead atoms. The van der Waals surface area contributed by atoms with E-state index in [0.717, 1.165) is 18.7 Å². The van der Waals surface area contributed by atoms with Crippen LogP contribution in [0.5, 0.6) is 5.75 Å². The third-order valence-electron chi connectivity index (χ3n) is 3.16. The Bertz CT molecular complexity index is 365. The summed E-state index contributed by atoms with van der Waals surface area (Å²) in [5.74, 6) is 0.843. The molecule has 2 rings (SSSR count). The van der Waals surface area contributed by atoms with Gasteiger partial charge < -0.3 is 15.2 Å². The maximum Gasteiger partial charge on any atom is 0.137 e. The minimum Gasteiger partial charge on any atom is -0.486 e. The molecule has 3 heteroatoms. The molecule has 0 spiro atoms. The topological polar surface area (TPSA) is 41.5 Å². The highest BCUT2D eigenvalue weighted by atomic mass is 16.5. The number of piperidine rings is 1. The predicted molar refractivity (Wildman–Crippen MR) is 63.8 cm³/mol. The number of aliphatic hydroxyl groups is 1. The van der Waals surface area contributed by atoms with E-state index in [-0.39, 0.29) is 12.2 Å². The average molecular weight is 221 g/mol. The van der Waals surface area contributed by atoms with Crippen molar-refractivity contribution in [3.05, 3.63) is 29.3 Å². The van der Waals surface area contributed by atoms with Crippen molar-refractivity contribution >= 4 is 0 Å². The fraction of sp³-hybridized carbons (Fsp3) is 0.538. The Hall–Kier alpha value is -1.06. The standard InChI is InChI=1S/C13H19NO2/c1-9-3-4-11(7-10(9)2)16-13-8-14-6-5-12(13)15/h3-4,7,12-15H,5-6,8H2,1-2H3/t12-,13-/m1/s1. The lowest BCUT2D eigenvalue weighted by molar-refractivity contribution is 0.0158. The van der Waals surface area contributed by atoms with Gasteiger partial charge in [-0.1, -0.05) is 6.07 Å². The van der Waals surface area contributed by atoms with Crippen LogP contribution in [0.25, 0.3) is 0 Å². The van der Waals surface area contributed by atoms with E-state index in [1.165, 1.54) is 11.1 Å². The molecule has 1 aromatic carbocycles. The maximum absolute atomic E-state index is 9.79. The number of hydrogen-bond donors (Lipinski definition) is 2. The van der Waals surface area contributed by atoms with Crippen LogP contribution in [0.15, 0.2) is 18.2 Å². The maximum atomic E-state index is 9.79. The highest BCUT2D eigenvalue weighted by molar-refractivity contribution is 5.34. The van der Waals surface area contributed by atoms with Gasteiger partial charge in [0.25, 0.3) is 0 Å². The first-order valence-electron chi connectivity index (χ1n) is 5.79. The summed E-state index contributed by atoms with van der Waals surface area (Å²) in [5, 5.41) is 13.0. The summed E-state index contributed by atoms with van der Waals surface area (Å²) in [6, 6.07) is 6.04. The van der Waals surface area contributed by atoms with Gasteiger partial charge in [-0.05, 0) is 50.1 Å². The monoisotopic (exact) mass is 221 g/mol. The van der Waals surface area contributed by atoms with Gasteiger partial charge in [-0.15, -0.1) is 0 Å². The van der Waals surface area contributed by atoms with Crippen molar-refractivity contribution in [2.24, 2.45) is 0 Å². The summed E-state index contributed by atoms with van der Waals surface area (Å²) in [6.45, 7) is 5.73. The van der Waals surface area contributed by atoms with Gasteiger partial charge >= 0.3 is 0 Å². The molecule has 1 aliphatic rings. The van der Waals surface area contributed by atoms with Gasteiger partial charge in [0, 0.05) is 6.54 Å². The quantitative estimate of drug-likeness (QED) is 0.793. The van der Waals surface area contributed by atoms with E-state index in [4.69, 9.17) is 4.74 Å². The van der Waals surface area contributed by atoms with Gasteiger partial charge in [-0.2, -0.15) is 0 Å². The van der Waals surface area contributed by atoms with Crippen LogP contribution in [0.1, 0.15) is 17.5 Å². The van der Waals surface area contributed by atoms with Gasteiger partial charge in [0.05, 0.1) is 6.10 Å². The molecule has 1 heterocycles. The fourth-order valence-electron chi connectivity index (χ4n) is 1.90. The van der Waals surface area contributed by atoms with E-state index >= 15 is 0 Å². The first-order chi connectivity index (χ1) is 7.66. The molecular formula is C13H19NO2. The molecular weight excluding hydrogens is 202 g/mol. The van der Waals surface area contributed by atoms with Crippen molar-refractivity contribution in [2.75, 3.05) is 13.1 Å². The van der Waals surface area contributed by atoms with Crippen LogP contribution in [0, 0.1) is 13.8 Å². The lowest BCUT2D eigenvalue weighted by atomic mass is 10.1. The van der Waals surface area contributed by atoms with E-state index in [1.54, 1.807) is 0 Å². The number of rotatable bonds is 2. The Morgan fingerprint density at radius 3 is 2.81 bits per heavy atom. The molecule has 0 unspecified atom stereocenters. The molecule has 1 aromatic rings. The first kappa shape index (κ1) is 11.4. The Balaban J connectivity index is 2.05. The molecule has 1 aliphatic heterocycles. The molecule has 0 saturated carbocycles. The van der Waals surface area contributed by atoms with Gasteiger partial charge in [-0.3, -0.25) is 0 Å². The highest BCUT2D eigenvalue weighted by Gasteiger charge is 2.24. The zero-order valence-electron chi connectivity index (χ0n) is 9.86. The Morgan fingerprint density at radius 1 is 1.31 bits per heavy atom. The number of aliphatic hydroxyl groups excluding tert-OH is 1. The molecule has 2 N–H and O–H groups in total. The molecule has 88 valence electrons. The summed E-state index contributed by atoms with van der Waals surface area (Å²) in [6.07, 6.45) is 0.272. The zero-order chi connectivity index (χ0) is 11.5. The number of nitrogens with one attached hydrogen (secondary N) is 1. The number of benzene rings is 1. The van der Waals surface area contributed by atoms with E-state index < -0.39 is 0 Å². The molecule has 3 nitrogen and oxygen atoms in total. The van der Waals surface area contributed by atoms with Crippen LogP contribution in [-0.4, -0.2) is 30.4 Å². The molecule has 16 heavy (non-hydrogen) atoms. The largest absolute Gasteiger partial charge is 0.486 e. The summed E-state index contributed by atoms with van der Waals surface area (Å²) < 4.78 is 5.79. The van der Waals surface area contributed by atoms with E-state index in [0.29, 0.717) is 6.54 Å². The van der Waals surface area contributed by atoms with Crippen LogP contribution < -0.4 is 10.1 Å². The van der Waals surface area contributed by atoms with Crippen molar-refractivity contribution in [1.29, 1.82) is 0 Å². The average Bonchev–Trinajstić information content (AvgIpc) is 2.27. The predicted octanol–water partition coefficient (Wildman–Crippen LogP) is 1.41. The second-order valence-corrected chi connectivity index (χ2v) is 4.46. The minimum absolute atomic E-state index is 0.129. The summed E-state index contributed by atoms with van der Waals surface area (Å²) in [7, 11) is 0. The van der Waals surface area contributed by atoms with E-state index in [2.05, 4.69) is 19.2 Å². The molecule has 2 atom stereocenters. The third kappa shape index (κ3) is 2.54. The second kappa shape index (κ2) is 4.85. The minimum atomic E-state index is -0.358. The van der Waals surface area contributed by atoms with Crippen LogP contribution >= 0.6 is 0 Å². The SMILES string of the molecule is Cc1ccc(O[C@@H]2CNCC[C@H]2O)cc1C. The van der Waals surface area contributed by atoms with Crippen molar-refractivity contribution < 1.29 is 9.84 Å².